The first kappa shape index (κ1) is 22.2. The number of methoxy groups -OCH3 is 1. The highest BCUT2D eigenvalue weighted by atomic mass is 16.6. The molecule has 2 aromatic rings. The van der Waals surface area contributed by atoms with Crippen molar-refractivity contribution in [3.8, 4) is 0 Å². The quantitative estimate of drug-likeness (QED) is 0.686. The minimum absolute atomic E-state index is 0.273. The third-order valence-corrected chi connectivity index (χ3v) is 7.07. The summed E-state index contributed by atoms with van der Waals surface area (Å²) in [5.74, 6) is 1.79. The SMILES string of the molecule is CCOC(=O)[C@@H]1C[C@H]2C[C@@H](C(Cc3nn[nH]n3)c3ccccc3)CC[C@H]2CN1C(=O)OC. The molecular formula is C23H31N5O4. The zero-order valence-corrected chi connectivity index (χ0v) is 18.6. The number of likely N-dealkylation sites (tertiary alicyclic amines) is 1. The van der Waals surface area contributed by atoms with Crippen LogP contribution < -0.4 is 0 Å². The molecule has 1 saturated heterocycles. The van der Waals surface area contributed by atoms with Gasteiger partial charge in [-0.1, -0.05) is 35.5 Å². The van der Waals surface area contributed by atoms with Crippen LogP contribution in [0.1, 0.15) is 49.9 Å². The Labute approximate surface area is 187 Å². The Hall–Kier alpha value is -2.97. The molecule has 2 fully saturated rings. The number of H-pyrrole nitrogens is 1. The number of amides is 1. The molecule has 32 heavy (non-hydrogen) atoms. The maximum Gasteiger partial charge on any atom is 0.410 e. The molecule has 1 aliphatic heterocycles. The second-order valence-corrected chi connectivity index (χ2v) is 8.77. The summed E-state index contributed by atoms with van der Waals surface area (Å²) in [5, 5.41) is 14.6. The van der Waals surface area contributed by atoms with Gasteiger partial charge in [-0.25, -0.2) is 9.59 Å². The first-order valence-corrected chi connectivity index (χ1v) is 11.4. The fourth-order valence-electron chi connectivity index (χ4n) is 5.55. The van der Waals surface area contributed by atoms with E-state index in [-0.39, 0.29) is 11.9 Å². The summed E-state index contributed by atoms with van der Waals surface area (Å²) in [4.78, 5) is 26.6. The molecular weight excluding hydrogens is 410 g/mol. The minimum atomic E-state index is -0.588. The van der Waals surface area contributed by atoms with Gasteiger partial charge >= 0.3 is 12.1 Å². The number of rotatable bonds is 6. The average Bonchev–Trinajstić information content (AvgIpc) is 3.35. The van der Waals surface area contributed by atoms with Crippen molar-refractivity contribution in [2.24, 2.45) is 17.8 Å². The molecule has 1 aromatic heterocycles. The van der Waals surface area contributed by atoms with Crippen molar-refractivity contribution in [2.45, 2.75) is 51.0 Å². The topological polar surface area (TPSA) is 110 Å². The molecule has 9 nitrogen and oxygen atoms in total. The lowest BCUT2D eigenvalue weighted by Gasteiger charge is -2.47. The molecule has 0 spiro atoms. The fraction of sp³-hybridized carbons (Fsp3) is 0.609. The van der Waals surface area contributed by atoms with Gasteiger partial charge in [0, 0.05) is 13.0 Å². The molecule has 0 radical (unpaired) electrons. The molecule has 1 N–H and O–H groups in total. The highest BCUT2D eigenvalue weighted by Crippen LogP contribution is 2.46. The molecule has 172 valence electrons. The van der Waals surface area contributed by atoms with E-state index in [0.29, 0.717) is 43.2 Å². The number of hydrogen-bond acceptors (Lipinski definition) is 7. The van der Waals surface area contributed by atoms with E-state index in [1.165, 1.54) is 12.7 Å². The van der Waals surface area contributed by atoms with Crippen LogP contribution in [0.15, 0.2) is 30.3 Å². The summed E-state index contributed by atoms with van der Waals surface area (Å²) in [5.41, 5.74) is 1.27. The Morgan fingerprint density at radius 3 is 2.69 bits per heavy atom. The number of tetrazole rings is 1. The molecule has 2 aliphatic rings. The second kappa shape index (κ2) is 10.1. The largest absolute Gasteiger partial charge is 0.464 e. The van der Waals surface area contributed by atoms with E-state index in [1.54, 1.807) is 11.8 Å². The number of carbonyl (C=O) groups is 2. The Morgan fingerprint density at radius 2 is 2.00 bits per heavy atom. The van der Waals surface area contributed by atoms with Gasteiger partial charge in [0.15, 0.2) is 5.82 Å². The Kier molecular flexibility index (Phi) is 7.02. The fourth-order valence-corrected chi connectivity index (χ4v) is 5.55. The summed E-state index contributed by atoms with van der Waals surface area (Å²) >= 11 is 0. The number of benzene rings is 1. The zero-order valence-electron chi connectivity index (χ0n) is 18.6. The lowest BCUT2D eigenvalue weighted by molar-refractivity contribution is -0.152. The highest BCUT2D eigenvalue weighted by molar-refractivity contribution is 5.81. The van der Waals surface area contributed by atoms with Gasteiger partial charge in [0.05, 0.1) is 13.7 Å². The number of nitrogens with zero attached hydrogens (tertiary/aromatic N) is 4. The van der Waals surface area contributed by atoms with Gasteiger partial charge < -0.3 is 9.47 Å². The van der Waals surface area contributed by atoms with E-state index < -0.39 is 12.1 Å². The van der Waals surface area contributed by atoms with Crippen molar-refractivity contribution in [1.82, 2.24) is 25.5 Å². The number of carbonyl (C=O) groups excluding carboxylic acids is 2. The summed E-state index contributed by atoms with van der Waals surface area (Å²) < 4.78 is 10.2. The van der Waals surface area contributed by atoms with Gasteiger partial charge in [-0.05, 0) is 61.8 Å². The minimum Gasteiger partial charge on any atom is -0.464 e. The van der Waals surface area contributed by atoms with Crippen molar-refractivity contribution < 1.29 is 19.1 Å². The van der Waals surface area contributed by atoms with Crippen LogP contribution in [0.2, 0.25) is 0 Å². The Balaban J connectivity index is 1.53. The molecule has 9 heteroatoms. The monoisotopic (exact) mass is 441 g/mol. The van der Waals surface area contributed by atoms with Gasteiger partial charge in [-0.2, -0.15) is 5.21 Å². The molecule has 1 aliphatic carbocycles. The molecule has 0 bridgehead atoms. The van der Waals surface area contributed by atoms with Crippen LogP contribution in [0.3, 0.4) is 0 Å². The van der Waals surface area contributed by atoms with Crippen molar-refractivity contribution in [3.63, 3.8) is 0 Å². The van der Waals surface area contributed by atoms with Crippen LogP contribution in [0.25, 0.3) is 0 Å². The number of hydrogen-bond donors (Lipinski definition) is 1. The highest BCUT2D eigenvalue weighted by Gasteiger charge is 2.45. The number of aromatic nitrogens is 4. The number of aromatic amines is 1. The predicted octanol–water partition coefficient (Wildman–Crippen LogP) is 2.96. The van der Waals surface area contributed by atoms with Crippen LogP contribution in [-0.4, -0.2) is 63.9 Å². The van der Waals surface area contributed by atoms with Crippen molar-refractivity contribution >= 4 is 12.1 Å². The summed E-state index contributed by atoms with van der Waals surface area (Å²) in [6.45, 7) is 2.61. The molecule has 1 aromatic carbocycles. The van der Waals surface area contributed by atoms with Gasteiger partial charge in [-0.15, -0.1) is 10.2 Å². The standard InChI is InChI=1S/C23H31N5O4/c1-3-32-22(29)20-12-18-11-16(9-10-17(18)14-28(20)23(30)31-2)19(13-21-24-26-27-25-21)15-7-5-4-6-8-15/h4-8,16-20H,3,9-14H2,1-2H3,(H,24,25,26,27)/t16-,17-,18+,19?,20-/m0/s1. The van der Waals surface area contributed by atoms with Gasteiger partial charge in [0.25, 0.3) is 0 Å². The van der Waals surface area contributed by atoms with Crippen molar-refractivity contribution in [3.05, 3.63) is 41.7 Å². The summed E-state index contributed by atoms with van der Waals surface area (Å²) in [6, 6.07) is 9.90. The first-order valence-electron chi connectivity index (χ1n) is 11.4. The molecule has 1 amide bonds. The Bertz CT molecular complexity index is 891. The van der Waals surface area contributed by atoms with E-state index in [9.17, 15) is 9.59 Å². The van der Waals surface area contributed by atoms with Gasteiger partial charge in [0.1, 0.15) is 6.04 Å². The average molecular weight is 442 g/mol. The van der Waals surface area contributed by atoms with E-state index in [2.05, 4.69) is 44.9 Å². The number of fused-ring (bicyclic) bond motifs is 1. The first-order chi connectivity index (χ1) is 15.6. The maximum absolute atomic E-state index is 12.7. The number of esters is 1. The number of piperidine rings is 1. The van der Waals surface area contributed by atoms with Gasteiger partial charge in [-0.3, -0.25) is 4.90 Å². The van der Waals surface area contributed by atoms with Crippen molar-refractivity contribution in [1.29, 1.82) is 0 Å². The van der Waals surface area contributed by atoms with Gasteiger partial charge in [0.2, 0.25) is 0 Å². The normalized spacial score (nSPS) is 26.1. The van der Waals surface area contributed by atoms with Crippen LogP contribution in [0.4, 0.5) is 4.79 Å². The maximum atomic E-state index is 12.7. The molecule has 4 rings (SSSR count). The van der Waals surface area contributed by atoms with E-state index in [1.807, 2.05) is 6.07 Å². The van der Waals surface area contributed by atoms with E-state index >= 15 is 0 Å². The van der Waals surface area contributed by atoms with E-state index in [0.717, 1.165) is 25.7 Å². The van der Waals surface area contributed by atoms with Crippen LogP contribution in [0, 0.1) is 17.8 Å². The third kappa shape index (κ3) is 4.76. The predicted molar refractivity (Wildman–Crippen MR) is 116 cm³/mol. The lowest BCUT2D eigenvalue weighted by atomic mass is 9.64. The molecule has 5 atom stereocenters. The zero-order chi connectivity index (χ0) is 22.5. The van der Waals surface area contributed by atoms with Crippen LogP contribution in [-0.2, 0) is 20.7 Å². The number of ether oxygens (including phenoxy) is 2. The summed E-state index contributed by atoms with van der Waals surface area (Å²) in [6.07, 6.45) is 3.93. The Morgan fingerprint density at radius 1 is 1.19 bits per heavy atom. The third-order valence-electron chi connectivity index (χ3n) is 7.07. The van der Waals surface area contributed by atoms with E-state index in [4.69, 9.17) is 9.47 Å². The molecule has 1 unspecified atom stereocenters. The number of nitrogens with one attached hydrogen (secondary N) is 1. The lowest BCUT2D eigenvalue weighted by Crippen LogP contribution is -2.55. The van der Waals surface area contributed by atoms with Crippen LogP contribution in [0.5, 0.6) is 0 Å². The summed E-state index contributed by atoms with van der Waals surface area (Å²) in [7, 11) is 1.36. The second-order valence-electron chi connectivity index (χ2n) is 8.77. The van der Waals surface area contributed by atoms with Crippen molar-refractivity contribution in [2.75, 3.05) is 20.3 Å². The molecule has 1 saturated carbocycles. The molecule has 2 heterocycles. The van der Waals surface area contributed by atoms with Crippen LogP contribution >= 0.6 is 0 Å². The smallest absolute Gasteiger partial charge is 0.410 e.